The van der Waals surface area contributed by atoms with Gasteiger partial charge in [-0.15, -0.1) is 0 Å². The molecule has 9 heteroatoms. The predicted octanol–water partition coefficient (Wildman–Crippen LogP) is 8.03. The molecule has 2 aromatic carbocycles. The number of rotatable bonds is 3. The maximum absolute atomic E-state index is 11.4. The van der Waals surface area contributed by atoms with E-state index in [0.29, 0.717) is 22.4 Å². The van der Waals surface area contributed by atoms with E-state index < -0.39 is 5.97 Å². The first-order chi connectivity index (χ1) is 12.7. The van der Waals surface area contributed by atoms with Gasteiger partial charge in [0.05, 0.1) is 41.4 Å². The molecule has 0 bridgehead atoms. The van der Waals surface area contributed by atoms with Crippen LogP contribution < -0.4 is 0 Å². The van der Waals surface area contributed by atoms with E-state index in [1.165, 1.54) is 12.3 Å². The van der Waals surface area contributed by atoms with Gasteiger partial charge in [0.25, 0.3) is 0 Å². The number of benzene rings is 2. The van der Waals surface area contributed by atoms with Gasteiger partial charge in [0, 0.05) is 17.3 Å². The number of carbonyl (C=O) groups is 1. The molecule has 0 amide bonds. The molecule has 3 nitrogen and oxygen atoms in total. The SMILES string of the molecule is O=C(O)c1cnc(-c2cc(Cl)c(Cl)c(Cl)c2)c(-c2cc(Cl)c(Cl)c(Cl)c2)c1. The van der Waals surface area contributed by atoms with Gasteiger partial charge >= 0.3 is 5.97 Å². The minimum Gasteiger partial charge on any atom is -0.478 e. The van der Waals surface area contributed by atoms with Gasteiger partial charge in [-0.05, 0) is 35.9 Å². The monoisotopic (exact) mass is 479 g/mol. The summed E-state index contributed by atoms with van der Waals surface area (Å²) in [5, 5.41) is 10.6. The van der Waals surface area contributed by atoms with Crippen LogP contribution in [0.15, 0.2) is 36.5 Å². The van der Waals surface area contributed by atoms with Gasteiger partial charge in [0.15, 0.2) is 0 Å². The summed E-state index contributed by atoms with van der Waals surface area (Å²) < 4.78 is 0. The highest BCUT2D eigenvalue weighted by molar-refractivity contribution is 6.49. The van der Waals surface area contributed by atoms with E-state index in [2.05, 4.69) is 4.98 Å². The summed E-state index contributed by atoms with van der Waals surface area (Å²) in [6.07, 6.45) is 1.23. The lowest BCUT2D eigenvalue weighted by molar-refractivity contribution is 0.0696. The molecular weight excluding hydrogens is 475 g/mol. The molecule has 1 aromatic heterocycles. The molecule has 0 saturated carbocycles. The zero-order valence-electron chi connectivity index (χ0n) is 13.0. The molecule has 0 saturated heterocycles. The first-order valence-electron chi connectivity index (χ1n) is 7.22. The summed E-state index contributed by atoms with van der Waals surface area (Å²) in [6, 6.07) is 7.77. The molecular formula is C18H7Cl6NO2. The molecule has 1 heterocycles. The second-order valence-electron chi connectivity index (χ2n) is 5.43. The van der Waals surface area contributed by atoms with Crippen LogP contribution in [0.25, 0.3) is 22.4 Å². The minimum atomic E-state index is -1.13. The van der Waals surface area contributed by atoms with Crippen molar-refractivity contribution >= 4 is 75.6 Å². The smallest absolute Gasteiger partial charge is 0.337 e. The average Bonchev–Trinajstić information content (AvgIpc) is 2.62. The van der Waals surface area contributed by atoms with Crippen LogP contribution in [0.1, 0.15) is 10.4 Å². The Hall–Kier alpha value is -1.20. The Kier molecular flexibility index (Phi) is 6.11. The number of halogens is 6. The minimum absolute atomic E-state index is 0.0119. The topological polar surface area (TPSA) is 50.2 Å². The Bertz CT molecular complexity index is 1040. The molecule has 3 rings (SSSR count). The highest BCUT2D eigenvalue weighted by Crippen LogP contribution is 2.41. The third-order valence-electron chi connectivity index (χ3n) is 3.69. The molecule has 0 unspecified atom stereocenters. The van der Waals surface area contributed by atoms with Gasteiger partial charge in [0.1, 0.15) is 0 Å². The van der Waals surface area contributed by atoms with Crippen LogP contribution in [-0.4, -0.2) is 16.1 Å². The number of hydrogen-bond acceptors (Lipinski definition) is 2. The number of aromatic nitrogens is 1. The number of aromatic carboxylic acids is 1. The van der Waals surface area contributed by atoms with Crippen LogP contribution in [0.5, 0.6) is 0 Å². The number of pyridine rings is 1. The van der Waals surface area contributed by atoms with Crippen molar-refractivity contribution < 1.29 is 9.90 Å². The van der Waals surface area contributed by atoms with Gasteiger partial charge in [-0.1, -0.05) is 69.6 Å². The number of carboxylic acids is 1. The Morgan fingerprint density at radius 2 is 1.19 bits per heavy atom. The van der Waals surface area contributed by atoms with Crippen LogP contribution >= 0.6 is 69.6 Å². The molecule has 27 heavy (non-hydrogen) atoms. The van der Waals surface area contributed by atoms with E-state index in [1.54, 1.807) is 24.3 Å². The first-order valence-corrected chi connectivity index (χ1v) is 9.49. The highest BCUT2D eigenvalue weighted by Gasteiger charge is 2.18. The van der Waals surface area contributed by atoms with Gasteiger partial charge < -0.3 is 5.11 Å². The second kappa shape index (κ2) is 8.04. The second-order valence-corrected chi connectivity index (χ2v) is 7.82. The van der Waals surface area contributed by atoms with Crippen molar-refractivity contribution in [3.8, 4) is 22.4 Å². The van der Waals surface area contributed by atoms with Crippen LogP contribution in [0, 0.1) is 0 Å². The third-order valence-corrected chi connectivity index (χ3v) is 6.08. The van der Waals surface area contributed by atoms with E-state index >= 15 is 0 Å². The standard InChI is InChI=1S/C18H7Cl6NO2/c19-11-2-7(3-12(20)15(11)23)10-1-9(18(26)27)6-25-17(10)8-4-13(21)16(24)14(22)5-8/h1-6H,(H,26,27). The molecule has 138 valence electrons. The van der Waals surface area contributed by atoms with Crippen molar-refractivity contribution in [3.63, 3.8) is 0 Å². The van der Waals surface area contributed by atoms with E-state index in [0.717, 1.165) is 0 Å². The molecule has 0 radical (unpaired) electrons. The van der Waals surface area contributed by atoms with Gasteiger partial charge in [-0.25, -0.2) is 4.79 Å². The Morgan fingerprint density at radius 1 is 0.741 bits per heavy atom. The summed E-state index contributed by atoms with van der Waals surface area (Å²) >= 11 is 36.5. The molecule has 3 aromatic rings. The van der Waals surface area contributed by atoms with E-state index in [1.807, 2.05) is 0 Å². The highest BCUT2D eigenvalue weighted by atomic mass is 35.5. The molecule has 1 N–H and O–H groups in total. The maximum Gasteiger partial charge on any atom is 0.337 e. The molecule has 0 fully saturated rings. The van der Waals surface area contributed by atoms with Crippen molar-refractivity contribution in [2.45, 2.75) is 0 Å². The molecule has 0 aliphatic rings. The average molecular weight is 482 g/mol. The van der Waals surface area contributed by atoms with E-state index in [4.69, 9.17) is 69.6 Å². The fourth-order valence-corrected chi connectivity index (χ4v) is 3.63. The van der Waals surface area contributed by atoms with Crippen molar-refractivity contribution in [2.24, 2.45) is 0 Å². The lowest BCUT2D eigenvalue weighted by atomic mass is 9.98. The van der Waals surface area contributed by atoms with Gasteiger partial charge in [-0.2, -0.15) is 0 Å². The number of hydrogen-bond donors (Lipinski definition) is 1. The number of nitrogens with zero attached hydrogens (tertiary/aromatic N) is 1. The van der Waals surface area contributed by atoms with E-state index in [9.17, 15) is 9.90 Å². The van der Waals surface area contributed by atoms with Crippen LogP contribution in [-0.2, 0) is 0 Å². The largest absolute Gasteiger partial charge is 0.478 e. The van der Waals surface area contributed by atoms with Crippen molar-refractivity contribution in [1.29, 1.82) is 0 Å². The van der Waals surface area contributed by atoms with Crippen molar-refractivity contribution in [3.05, 3.63) is 72.2 Å². The van der Waals surface area contributed by atoms with Crippen LogP contribution in [0.2, 0.25) is 30.1 Å². The predicted molar refractivity (Wildman–Crippen MR) is 112 cm³/mol. The summed E-state index contributed by atoms with van der Waals surface area (Å²) in [5.74, 6) is -1.13. The summed E-state index contributed by atoms with van der Waals surface area (Å²) in [7, 11) is 0. The third kappa shape index (κ3) is 4.14. The fourth-order valence-electron chi connectivity index (χ4n) is 2.44. The summed E-state index contributed by atoms with van der Waals surface area (Å²) in [6.45, 7) is 0. The molecule has 0 spiro atoms. The molecule has 0 atom stereocenters. The summed E-state index contributed by atoms with van der Waals surface area (Å²) in [4.78, 5) is 15.7. The Labute approximate surface area is 184 Å². The van der Waals surface area contributed by atoms with Gasteiger partial charge in [-0.3, -0.25) is 4.98 Å². The Morgan fingerprint density at radius 3 is 1.63 bits per heavy atom. The normalized spacial score (nSPS) is 10.9. The quantitative estimate of drug-likeness (QED) is 0.385. The van der Waals surface area contributed by atoms with Crippen molar-refractivity contribution in [2.75, 3.05) is 0 Å². The van der Waals surface area contributed by atoms with E-state index in [-0.39, 0.29) is 35.7 Å². The van der Waals surface area contributed by atoms with Crippen LogP contribution in [0.4, 0.5) is 0 Å². The Balaban J connectivity index is 2.32. The molecule has 0 aliphatic heterocycles. The summed E-state index contributed by atoms with van der Waals surface area (Å²) in [5.41, 5.74) is 1.95. The fraction of sp³-hybridized carbons (Fsp3) is 0. The zero-order chi connectivity index (χ0) is 19.9. The maximum atomic E-state index is 11.4. The lowest BCUT2D eigenvalue weighted by Crippen LogP contribution is -2.00. The van der Waals surface area contributed by atoms with Crippen molar-refractivity contribution in [1.82, 2.24) is 4.98 Å². The first kappa shape index (κ1) is 20.5. The van der Waals surface area contributed by atoms with Crippen LogP contribution in [0.3, 0.4) is 0 Å². The number of carboxylic acid groups (broad SMARTS) is 1. The zero-order valence-corrected chi connectivity index (χ0v) is 17.6. The molecule has 0 aliphatic carbocycles. The lowest BCUT2D eigenvalue weighted by Gasteiger charge is -2.13. The van der Waals surface area contributed by atoms with Gasteiger partial charge in [0.2, 0.25) is 0 Å².